The van der Waals surface area contributed by atoms with Crippen LogP contribution in [0, 0.1) is 0 Å². The molecule has 2 heterocycles. The number of hydrogen-bond acceptors (Lipinski definition) is 2. The highest BCUT2D eigenvalue weighted by atomic mass is 14.7. The summed E-state index contributed by atoms with van der Waals surface area (Å²) in [5.74, 6) is 0. The molecule has 0 saturated heterocycles. The number of fused-ring (bicyclic) bond motifs is 1. The lowest BCUT2D eigenvalue weighted by Crippen LogP contribution is -1.93. The fourth-order valence-electron chi connectivity index (χ4n) is 3.53. The molecule has 0 amide bonds. The van der Waals surface area contributed by atoms with Crippen LogP contribution >= 0.6 is 0 Å². The van der Waals surface area contributed by atoms with Crippen LogP contribution in [0.25, 0.3) is 44.4 Å². The van der Waals surface area contributed by atoms with Gasteiger partial charge in [-0.05, 0) is 29.3 Å². The maximum Gasteiger partial charge on any atom is 0.0803 e. The quantitative estimate of drug-likeness (QED) is 0.362. The molecule has 3 aromatic carbocycles. The van der Waals surface area contributed by atoms with E-state index in [4.69, 9.17) is 4.98 Å². The highest BCUT2D eigenvalue weighted by Crippen LogP contribution is 2.34. The zero-order chi connectivity index (χ0) is 18.8. The van der Waals surface area contributed by atoms with Crippen molar-refractivity contribution in [3.8, 4) is 33.5 Å². The summed E-state index contributed by atoms with van der Waals surface area (Å²) in [6.45, 7) is 0. The van der Waals surface area contributed by atoms with Gasteiger partial charge in [-0.2, -0.15) is 0 Å². The average molecular weight is 358 g/mol. The van der Waals surface area contributed by atoms with Gasteiger partial charge >= 0.3 is 0 Å². The number of hydrogen-bond donors (Lipinski definition) is 0. The van der Waals surface area contributed by atoms with E-state index in [2.05, 4.69) is 71.7 Å². The molecule has 0 bridgehead atoms. The summed E-state index contributed by atoms with van der Waals surface area (Å²) >= 11 is 0. The Kier molecular flexibility index (Phi) is 4.15. The predicted octanol–water partition coefficient (Wildman–Crippen LogP) is 6.63. The van der Waals surface area contributed by atoms with E-state index in [0.717, 1.165) is 44.4 Å². The van der Waals surface area contributed by atoms with Crippen LogP contribution in [0.15, 0.2) is 109 Å². The van der Waals surface area contributed by atoms with Crippen LogP contribution in [-0.2, 0) is 0 Å². The monoisotopic (exact) mass is 358 g/mol. The minimum atomic E-state index is 0.954. The molecule has 0 radical (unpaired) electrons. The molecule has 0 fully saturated rings. The molecule has 5 rings (SSSR count). The van der Waals surface area contributed by atoms with E-state index in [1.54, 1.807) is 0 Å². The summed E-state index contributed by atoms with van der Waals surface area (Å²) in [4.78, 5) is 9.53. The molecule has 0 aliphatic rings. The largest absolute Gasteiger partial charge is 0.263 e. The SMILES string of the molecule is c1ccc(-c2cncc(-c3nc4ccccc4cc3-c3ccccc3)c2)cc1. The van der Waals surface area contributed by atoms with Gasteiger partial charge in [0.05, 0.1) is 11.2 Å². The first-order valence-electron chi connectivity index (χ1n) is 9.34. The van der Waals surface area contributed by atoms with Crippen LogP contribution in [0.3, 0.4) is 0 Å². The minimum absolute atomic E-state index is 0.954. The van der Waals surface area contributed by atoms with Gasteiger partial charge in [0.2, 0.25) is 0 Å². The summed E-state index contributed by atoms with van der Waals surface area (Å²) in [6, 6.07) is 33.4. The summed E-state index contributed by atoms with van der Waals surface area (Å²) in [6.07, 6.45) is 3.80. The maximum absolute atomic E-state index is 5.02. The number of rotatable bonds is 3. The van der Waals surface area contributed by atoms with Gasteiger partial charge < -0.3 is 0 Å². The number of benzene rings is 3. The Labute approximate surface area is 164 Å². The molecule has 132 valence electrons. The van der Waals surface area contributed by atoms with Crippen LogP contribution in [0.4, 0.5) is 0 Å². The van der Waals surface area contributed by atoms with Gasteiger partial charge in [0, 0.05) is 34.5 Å². The molecule has 0 saturated carbocycles. The van der Waals surface area contributed by atoms with Crippen molar-refractivity contribution in [2.75, 3.05) is 0 Å². The molecule has 0 N–H and O–H groups in total. The molecule has 2 heteroatoms. The predicted molar refractivity (Wildman–Crippen MR) is 116 cm³/mol. The van der Waals surface area contributed by atoms with E-state index in [1.165, 1.54) is 0 Å². The van der Waals surface area contributed by atoms with Gasteiger partial charge in [-0.15, -0.1) is 0 Å². The van der Waals surface area contributed by atoms with Crippen molar-refractivity contribution in [1.29, 1.82) is 0 Å². The molecule has 0 aliphatic heterocycles. The number of nitrogens with zero attached hydrogens (tertiary/aromatic N) is 2. The molecule has 2 nitrogen and oxygen atoms in total. The van der Waals surface area contributed by atoms with Crippen molar-refractivity contribution >= 4 is 10.9 Å². The van der Waals surface area contributed by atoms with Crippen molar-refractivity contribution in [3.63, 3.8) is 0 Å². The van der Waals surface area contributed by atoms with Gasteiger partial charge in [-0.1, -0.05) is 78.9 Å². The molecular formula is C26H18N2. The molecule has 0 aliphatic carbocycles. The van der Waals surface area contributed by atoms with E-state index >= 15 is 0 Å². The van der Waals surface area contributed by atoms with Crippen LogP contribution < -0.4 is 0 Å². The normalized spacial score (nSPS) is 10.9. The molecule has 5 aromatic rings. The topological polar surface area (TPSA) is 25.8 Å². The molecule has 2 aromatic heterocycles. The first-order valence-corrected chi connectivity index (χ1v) is 9.34. The van der Waals surface area contributed by atoms with Crippen molar-refractivity contribution in [3.05, 3.63) is 109 Å². The zero-order valence-electron chi connectivity index (χ0n) is 15.3. The lowest BCUT2D eigenvalue weighted by molar-refractivity contribution is 1.30. The summed E-state index contributed by atoms with van der Waals surface area (Å²) in [7, 11) is 0. The van der Waals surface area contributed by atoms with Gasteiger partial charge in [-0.3, -0.25) is 4.98 Å². The van der Waals surface area contributed by atoms with Crippen LogP contribution in [0.1, 0.15) is 0 Å². The molecule has 0 spiro atoms. The van der Waals surface area contributed by atoms with E-state index in [1.807, 2.05) is 42.7 Å². The number of para-hydroxylation sites is 1. The van der Waals surface area contributed by atoms with Gasteiger partial charge in [-0.25, -0.2) is 4.98 Å². The average Bonchev–Trinajstić information content (AvgIpc) is 2.79. The van der Waals surface area contributed by atoms with Crippen molar-refractivity contribution in [2.45, 2.75) is 0 Å². The first-order chi connectivity index (χ1) is 13.9. The fraction of sp³-hybridized carbons (Fsp3) is 0. The smallest absolute Gasteiger partial charge is 0.0803 e. The van der Waals surface area contributed by atoms with E-state index in [-0.39, 0.29) is 0 Å². The van der Waals surface area contributed by atoms with Gasteiger partial charge in [0.25, 0.3) is 0 Å². The second-order valence-corrected chi connectivity index (χ2v) is 6.77. The fourth-order valence-corrected chi connectivity index (χ4v) is 3.53. The Bertz CT molecular complexity index is 1250. The van der Waals surface area contributed by atoms with Crippen molar-refractivity contribution in [1.82, 2.24) is 9.97 Å². The number of pyridine rings is 2. The molecular weight excluding hydrogens is 340 g/mol. The highest BCUT2D eigenvalue weighted by Gasteiger charge is 2.12. The van der Waals surface area contributed by atoms with E-state index < -0.39 is 0 Å². The summed E-state index contributed by atoms with van der Waals surface area (Å²) < 4.78 is 0. The first kappa shape index (κ1) is 16.4. The lowest BCUT2D eigenvalue weighted by atomic mass is 9.97. The number of aromatic nitrogens is 2. The Morgan fingerprint density at radius 3 is 1.93 bits per heavy atom. The van der Waals surface area contributed by atoms with Crippen LogP contribution in [-0.4, -0.2) is 9.97 Å². The van der Waals surface area contributed by atoms with E-state index in [0.29, 0.717) is 0 Å². The van der Waals surface area contributed by atoms with Gasteiger partial charge in [0.1, 0.15) is 0 Å². The Balaban J connectivity index is 1.74. The van der Waals surface area contributed by atoms with Crippen LogP contribution in [0.5, 0.6) is 0 Å². The third-order valence-corrected chi connectivity index (χ3v) is 4.93. The Hall–Kier alpha value is -3.78. The van der Waals surface area contributed by atoms with Crippen molar-refractivity contribution < 1.29 is 0 Å². The minimum Gasteiger partial charge on any atom is -0.263 e. The third kappa shape index (κ3) is 3.06. The molecule has 28 heavy (non-hydrogen) atoms. The second kappa shape index (κ2) is 7.09. The zero-order valence-corrected chi connectivity index (χ0v) is 15.3. The maximum atomic E-state index is 5.02. The van der Waals surface area contributed by atoms with Crippen molar-refractivity contribution in [2.24, 2.45) is 0 Å². The summed E-state index contributed by atoms with van der Waals surface area (Å²) in [5.41, 5.74) is 7.47. The van der Waals surface area contributed by atoms with Gasteiger partial charge in [0.15, 0.2) is 0 Å². The second-order valence-electron chi connectivity index (χ2n) is 6.77. The highest BCUT2D eigenvalue weighted by molar-refractivity contribution is 5.92. The Morgan fingerprint density at radius 2 is 1.14 bits per heavy atom. The Morgan fingerprint density at radius 1 is 0.500 bits per heavy atom. The standard InChI is InChI=1S/C26H18N2/c1-3-9-19(10-4-1)22-15-23(18-27-17-22)26-24(20-11-5-2-6-12-20)16-21-13-7-8-14-25(21)28-26/h1-18H. The third-order valence-electron chi connectivity index (χ3n) is 4.93. The molecule has 0 atom stereocenters. The van der Waals surface area contributed by atoms with Crippen LogP contribution in [0.2, 0.25) is 0 Å². The summed E-state index contributed by atoms with van der Waals surface area (Å²) in [5, 5.41) is 1.14. The lowest BCUT2D eigenvalue weighted by Gasteiger charge is -2.12. The van der Waals surface area contributed by atoms with E-state index in [9.17, 15) is 0 Å². The molecule has 0 unspecified atom stereocenters.